The fraction of sp³-hybridized carbons (Fsp3) is 0.455. The van der Waals surface area contributed by atoms with Crippen LogP contribution in [-0.4, -0.2) is 46.8 Å². The molecule has 2 atom stereocenters. The SMILES string of the molecule is [C-]#[N+]c1ccc(Oc2ncnc(OCC34CCN(C(=O)OC(C)C)CC3C4)c2F)c(Cl)c1. The van der Waals surface area contributed by atoms with E-state index >= 15 is 0 Å². The number of aromatic nitrogens is 2. The minimum absolute atomic E-state index is 0.0913. The van der Waals surface area contributed by atoms with Gasteiger partial charge in [0.15, 0.2) is 5.69 Å². The number of benzene rings is 1. The van der Waals surface area contributed by atoms with E-state index in [2.05, 4.69) is 14.8 Å². The minimum Gasteiger partial charge on any atom is -0.475 e. The van der Waals surface area contributed by atoms with Crippen LogP contribution >= 0.6 is 11.6 Å². The number of fused-ring (bicyclic) bond motifs is 1. The fourth-order valence-electron chi connectivity index (χ4n) is 3.87. The first-order chi connectivity index (χ1) is 15.3. The highest BCUT2D eigenvalue weighted by Crippen LogP contribution is 2.58. The Morgan fingerprint density at radius 3 is 2.88 bits per heavy atom. The van der Waals surface area contributed by atoms with Gasteiger partial charge in [-0.3, -0.25) is 0 Å². The Morgan fingerprint density at radius 1 is 1.41 bits per heavy atom. The standard InChI is InChI=1S/C22H22ClFN4O4/c1-13(2)31-21(29)28-7-6-22(9-14(22)10-28)11-30-19-18(24)20(27-12-26-19)32-17-5-4-15(25-3)8-16(17)23/h4-5,8,12-14H,6-7,9-11H2,1-2H3. The van der Waals surface area contributed by atoms with Crippen molar-refractivity contribution >= 4 is 23.4 Å². The van der Waals surface area contributed by atoms with Crippen molar-refractivity contribution in [2.75, 3.05) is 19.7 Å². The average Bonchev–Trinajstić information content (AvgIpc) is 3.49. The normalized spacial score (nSPS) is 21.5. The van der Waals surface area contributed by atoms with Gasteiger partial charge < -0.3 is 19.1 Å². The molecule has 2 fully saturated rings. The van der Waals surface area contributed by atoms with Crippen LogP contribution < -0.4 is 9.47 Å². The number of rotatable bonds is 6. The zero-order chi connectivity index (χ0) is 22.9. The zero-order valence-corrected chi connectivity index (χ0v) is 18.4. The molecule has 1 saturated heterocycles. The second-order valence-electron chi connectivity index (χ2n) is 8.31. The number of hydrogen-bond donors (Lipinski definition) is 0. The number of carbonyl (C=O) groups excluding carboxylic acids is 1. The molecule has 2 unspecified atom stereocenters. The Balaban J connectivity index is 1.38. The van der Waals surface area contributed by atoms with E-state index in [1.807, 2.05) is 13.8 Å². The van der Waals surface area contributed by atoms with Crippen LogP contribution in [0.2, 0.25) is 5.02 Å². The van der Waals surface area contributed by atoms with E-state index in [4.69, 9.17) is 32.4 Å². The third-order valence-electron chi connectivity index (χ3n) is 5.75. The minimum atomic E-state index is -0.829. The van der Waals surface area contributed by atoms with Crippen molar-refractivity contribution < 1.29 is 23.4 Å². The van der Waals surface area contributed by atoms with Crippen molar-refractivity contribution in [3.05, 3.63) is 46.8 Å². The van der Waals surface area contributed by atoms with Gasteiger partial charge in [-0.05, 0) is 44.7 Å². The van der Waals surface area contributed by atoms with Crippen LogP contribution in [0.25, 0.3) is 4.85 Å². The van der Waals surface area contributed by atoms with E-state index < -0.39 is 5.82 Å². The van der Waals surface area contributed by atoms with Crippen LogP contribution in [0, 0.1) is 23.7 Å². The van der Waals surface area contributed by atoms with Gasteiger partial charge in [0.25, 0.3) is 11.8 Å². The lowest BCUT2D eigenvalue weighted by Gasteiger charge is -2.31. The summed E-state index contributed by atoms with van der Waals surface area (Å²) in [4.78, 5) is 24.8. The van der Waals surface area contributed by atoms with E-state index in [-0.39, 0.29) is 46.1 Å². The molecule has 4 rings (SSSR count). The van der Waals surface area contributed by atoms with E-state index in [0.717, 1.165) is 19.2 Å². The Labute approximate surface area is 190 Å². The topological polar surface area (TPSA) is 78.1 Å². The van der Waals surface area contributed by atoms with E-state index in [1.54, 1.807) is 4.90 Å². The maximum atomic E-state index is 14.9. The smallest absolute Gasteiger partial charge is 0.410 e. The Bertz CT molecular complexity index is 1080. The van der Waals surface area contributed by atoms with Crippen LogP contribution in [0.3, 0.4) is 0 Å². The number of hydrogen-bond acceptors (Lipinski definition) is 6. The molecule has 8 nitrogen and oxygen atoms in total. The van der Waals surface area contributed by atoms with Gasteiger partial charge in [0.05, 0.1) is 24.3 Å². The van der Waals surface area contributed by atoms with Crippen molar-refractivity contribution in [2.45, 2.75) is 32.8 Å². The number of piperidine rings is 1. The molecule has 0 bridgehead atoms. The van der Waals surface area contributed by atoms with Crippen molar-refractivity contribution in [1.82, 2.24) is 14.9 Å². The summed E-state index contributed by atoms with van der Waals surface area (Å²) in [7, 11) is 0. The fourth-order valence-corrected chi connectivity index (χ4v) is 4.08. The van der Waals surface area contributed by atoms with Crippen molar-refractivity contribution in [2.24, 2.45) is 11.3 Å². The van der Waals surface area contributed by atoms with Crippen molar-refractivity contribution in [3.63, 3.8) is 0 Å². The second-order valence-corrected chi connectivity index (χ2v) is 8.71. The summed E-state index contributed by atoms with van der Waals surface area (Å²) < 4.78 is 31.3. The molecule has 1 aromatic carbocycles. The van der Waals surface area contributed by atoms with Gasteiger partial charge in [0.1, 0.15) is 12.1 Å². The molecule has 1 amide bonds. The van der Waals surface area contributed by atoms with Crippen LogP contribution in [-0.2, 0) is 4.74 Å². The first-order valence-electron chi connectivity index (χ1n) is 10.2. The predicted molar refractivity (Wildman–Crippen MR) is 114 cm³/mol. The summed E-state index contributed by atoms with van der Waals surface area (Å²) in [5.74, 6) is -0.890. The van der Waals surface area contributed by atoms with Crippen LogP contribution in [0.15, 0.2) is 24.5 Å². The molecule has 2 aliphatic rings. The lowest BCUT2D eigenvalue weighted by molar-refractivity contribution is 0.0584. The highest BCUT2D eigenvalue weighted by molar-refractivity contribution is 6.32. The van der Waals surface area contributed by atoms with Gasteiger partial charge in [-0.2, -0.15) is 14.4 Å². The van der Waals surface area contributed by atoms with Crippen LogP contribution in [0.4, 0.5) is 14.9 Å². The van der Waals surface area contributed by atoms with Crippen molar-refractivity contribution in [3.8, 4) is 17.5 Å². The van der Waals surface area contributed by atoms with E-state index in [0.29, 0.717) is 25.4 Å². The largest absolute Gasteiger partial charge is 0.475 e. The van der Waals surface area contributed by atoms with Gasteiger partial charge >= 0.3 is 6.09 Å². The molecular weight excluding hydrogens is 439 g/mol. The number of likely N-dealkylation sites (tertiary alicyclic amines) is 1. The first kappa shape index (κ1) is 22.1. The van der Waals surface area contributed by atoms with Crippen LogP contribution in [0.5, 0.6) is 17.5 Å². The molecule has 2 heterocycles. The van der Waals surface area contributed by atoms with Gasteiger partial charge in [-0.15, -0.1) is 0 Å². The molecule has 1 saturated carbocycles. The number of nitrogens with zero attached hydrogens (tertiary/aromatic N) is 4. The highest BCUT2D eigenvalue weighted by Gasteiger charge is 2.58. The molecule has 168 valence electrons. The molecule has 2 aromatic rings. The molecule has 0 radical (unpaired) electrons. The lowest BCUT2D eigenvalue weighted by Crippen LogP contribution is -2.41. The Morgan fingerprint density at radius 2 is 2.19 bits per heavy atom. The third kappa shape index (κ3) is 4.55. The summed E-state index contributed by atoms with van der Waals surface area (Å²) in [6, 6.07) is 4.42. The van der Waals surface area contributed by atoms with Gasteiger partial charge in [0.2, 0.25) is 5.82 Å². The molecule has 1 aliphatic heterocycles. The van der Waals surface area contributed by atoms with E-state index in [9.17, 15) is 9.18 Å². The molecule has 32 heavy (non-hydrogen) atoms. The first-order valence-corrected chi connectivity index (χ1v) is 10.6. The lowest BCUT2D eigenvalue weighted by atomic mass is 9.96. The molecule has 1 aliphatic carbocycles. The quantitative estimate of drug-likeness (QED) is 0.548. The Kier molecular flexibility index (Phi) is 6.07. The summed E-state index contributed by atoms with van der Waals surface area (Å²) >= 11 is 6.10. The van der Waals surface area contributed by atoms with Gasteiger partial charge in [0, 0.05) is 18.5 Å². The molecule has 10 heteroatoms. The molecule has 1 aromatic heterocycles. The third-order valence-corrected chi connectivity index (χ3v) is 6.04. The highest BCUT2D eigenvalue weighted by atomic mass is 35.5. The molecule has 0 spiro atoms. The van der Waals surface area contributed by atoms with Gasteiger partial charge in [-0.1, -0.05) is 17.7 Å². The summed E-state index contributed by atoms with van der Waals surface area (Å²) in [5.41, 5.74) is 0.252. The predicted octanol–water partition coefficient (Wildman–Crippen LogP) is 5.25. The second kappa shape index (κ2) is 8.79. The number of amides is 1. The zero-order valence-electron chi connectivity index (χ0n) is 17.7. The maximum Gasteiger partial charge on any atom is 0.410 e. The molecular formula is C22H22ClFN4O4. The number of carbonyl (C=O) groups is 1. The number of halogens is 2. The van der Waals surface area contributed by atoms with E-state index in [1.165, 1.54) is 18.2 Å². The Hall–Kier alpha value is -3.12. The molecule has 0 N–H and O–H groups in total. The summed E-state index contributed by atoms with van der Waals surface area (Å²) in [6.07, 6.45) is 2.35. The maximum absolute atomic E-state index is 14.9. The van der Waals surface area contributed by atoms with Crippen molar-refractivity contribution in [1.29, 1.82) is 0 Å². The van der Waals surface area contributed by atoms with Crippen LogP contribution in [0.1, 0.15) is 26.7 Å². The average molecular weight is 461 g/mol. The summed E-state index contributed by atoms with van der Waals surface area (Å²) in [5, 5.41) is 0.168. The monoisotopic (exact) mass is 460 g/mol. The number of ether oxygens (including phenoxy) is 3. The summed E-state index contributed by atoms with van der Waals surface area (Å²) in [6.45, 7) is 12.1. The van der Waals surface area contributed by atoms with Gasteiger partial charge in [-0.25, -0.2) is 9.64 Å².